The highest BCUT2D eigenvalue weighted by atomic mass is 32.2. The molecule has 3 nitrogen and oxygen atoms in total. The second-order valence-corrected chi connectivity index (χ2v) is 3.52. The Balaban J connectivity index is 2.34. The smallest absolute Gasteiger partial charge is 0.289 e. The Morgan fingerprint density at radius 2 is 2.27 bits per heavy atom. The molecule has 1 aliphatic rings. The highest BCUT2D eigenvalue weighted by molar-refractivity contribution is 8.26. The molecule has 0 atom stereocenters. The van der Waals surface area contributed by atoms with Gasteiger partial charge in [0.1, 0.15) is 0 Å². The summed E-state index contributed by atoms with van der Waals surface area (Å²) in [7, 11) is 0. The second kappa shape index (κ2) is 3.76. The lowest BCUT2D eigenvalue weighted by atomic mass is 10.3. The predicted molar refractivity (Wildman–Crippen MR) is 44.5 cm³/mol. The average Bonchev–Trinajstić information content (AvgIpc) is 2.26. The molecule has 0 saturated carbocycles. The van der Waals surface area contributed by atoms with Crippen LogP contribution in [0.3, 0.4) is 0 Å². The molecule has 0 unspecified atom stereocenters. The van der Waals surface area contributed by atoms with Gasteiger partial charge in [-0.05, 0) is 6.42 Å². The summed E-state index contributed by atoms with van der Waals surface area (Å²) >= 11 is 0.827. The van der Waals surface area contributed by atoms with Crippen molar-refractivity contribution >= 4 is 22.1 Å². The van der Waals surface area contributed by atoms with Crippen LogP contribution >= 0.6 is 11.8 Å². The Hall–Kier alpha value is -0.510. The van der Waals surface area contributed by atoms with Gasteiger partial charge in [0.05, 0.1) is 6.54 Å². The molecule has 0 aromatic carbocycles. The van der Waals surface area contributed by atoms with Gasteiger partial charge in [-0.15, -0.1) is 0 Å². The van der Waals surface area contributed by atoms with E-state index < -0.39 is 0 Å². The van der Waals surface area contributed by atoms with Gasteiger partial charge in [0, 0.05) is 18.3 Å². The first-order valence-electron chi connectivity index (χ1n) is 3.73. The van der Waals surface area contributed by atoms with Crippen LogP contribution in [0.15, 0.2) is 0 Å². The third-order valence-corrected chi connectivity index (χ3v) is 2.35. The fraction of sp³-hybridized carbons (Fsp3) is 0.714. The molecular formula is C7H11NO2S. The minimum absolute atomic E-state index is 0.0221. The van der Waals surface area contributed by atoms with Crippen LogP contribution < -0.4 is 0 Å². The first-order chi connectivity index (χ1) is 5.24. The van der Waals surface area contributed by atoms with Gasteiger partial charge in [0.2, 0.25) is 5.12 Å². The number of amides is 1. The van der Waals surface area contributed by atoms with Crippen LogP contribution in [0.2, 0.25) is 0 Å². The molecule has 0 N–H and O–H groups in total. The van der Waals surface area contributed by atoms with Crippen molar-refractivity contribution < 1.29 is 9.59 Å². The van der Waals surface area contributed by atoms with Gasteiger partial charge in [-0.1, -0.05) is 13.3 Å². The van der Waals surface area contributed by atoms with Gasteiger partial charge < -0.3 is 4.90 Å². The maximum absolute atomic E-state index is 11.0. The van der Waals surface area contributed by atoms with Crippen LogP contribution in [-0.2, 0) is 4.79 Å². The lowest BCUT2D eigenvalue weighted by Crippen LogP contribution is -2.24. The predicted octanol–water partition coefficient (Wildman–Crippen LogP) is 1.48. The lowest BCUT2D eigenvalue weighted by Gasteiger charge is -2.11. The van der Waals surface area contributed by atoms with Gasteiger partial charge >= 0.3 is 0 Å². The molecule has 0 bridgehead atoms. The van der Waals surface area contributed by atoms with E-state index in [9.17, 15) is 9.59 Å². The van der Waals surface area contributed by atoms with Crippen LogP contribution in [0.4, 0.5) is 4.79 Å². The molecule has 1 amide bonds. The van der Waals surface area contributed by atoms with E-state index in [0.29, 0.717) is 6.54 Å². The van der Waals surface area contributed by atoms with Gasteiger partial charge in [-0.3, -0.25) is 9.59 Å². The Kier molecular flexibility index (Phi) is 2.93. The number of nitrogens with zero attached hydrogens (tertiary/aromatic N) is 1. The summed E-state index contributed by atoms with van der Waals surface area (Å²) in [6, 6.07) is 0. The van der Waals surface area contributed by atoms with E-state index in [1.54, 1.807) is 4.90 Å². The van der Waals surface area contributed by atoms with Gasteiger partial charge in [-0.2, -0.15) is 0 Å². The third-order valence-electron chi connectivity index (χ3n) is 1.56. The molecule has 1 fully saturated rings. The minimum atomic E-state index is -0.0801. The van der Waals surface area contributed by atoms with E-state index in [-0.39, 0.29) is 10.4 Å². The largest absolute Gasteiger partial charge is 0.325 e. The molecule has 0 radical (unpaired) electrons. The Morgan fingerprint density at radius 3 is 2.73 bits per heavy atom. The number of thioether (sulfide) groups is 1. The molecule has 1 rings (SSSR count). The van der Waals surface area contributed by atoms with E-state index in [1.807, 2.05) is 0 Å². The van der Waals surface area contributed by atoms with Crippen molar-refractivity contribution in [2.45, 2.75) is 19.8 Å². The van der Waals surface area contributed by atoms with Crippen LogP contribution in [0.5, 0.6) is 0 Å². The molecule has 11 heavy (non-hydrogen) atoms. The molecule has 0 aliphatic carbocycles. The molecule has 0 spiro atoms. The number of hydrogen-bond donors (Lipinski definition) is 0. The second-order valence-electron chi connectivity index (χ2n) is 2.52. The van der Waals surface area contributed by atoms with Crippen molar-refractivity contribution in [3.8, 4) is 0 Å². The van der Waals surface area contributed by atoms with E-state index >= 15 is 0 Å². The van der Waals surface area contributed by atoms with Crippen LogP contribution in [0, 0.1) is 0 Å². The topological polar surface area (TPSA) is 37.4 Å². The number of carbonyl (C=O) groups excluding carboxylic acids is 2. The molecule has 62 valence electrons. The molecule has 4 heteroatoms. The van der Waals surface area contributed by atoms with E-state index in [2.05, 4.69) is 6.92 Å². The first kappa shape index (κ1) is 8.59. The van der Waals surface area contributed by atoms with E-state index in [0.717, 1.165) is 31.1 Å². The monoisotopic (exact) mass is 173 g/mol. The number of carbonyl (C=O) groups is 2. The fourth-order valence-corrected chi connectivity index (χ4v) is 1.63. The van der Waals surface area contributed by atoms with Gasteiger partial charge in [0.15, 0.2) is 0 Å². The van der Waals surface area contributed by atoms with Crippen molar-refractivity contribution in [2.75, 3.05) is 13.1 Å². The van der Waals surface area contributed by atoms with Crippen molar-refractivity contribution in [3.05, 3.63) is 0 Å². The summed E-state index contributed by atoms with van der Waals surface area (Å²) in [5.41, 5.74) is 0. The van der Waals surface area contributed by atoms with Crippen molar-refractivity contribution in [2.24, 2.45) is 0 Å². The maximum Gasteiger partial charge on any atom is 0.289 e. The quantitative estimate of drug-likeness (QED) is 0.648. The van der Waals surface area contributed by atoms with Crippen molar-refractivity contribution in [1.82, 2.24) is 4.90 Å². The molecular weight excluding hydrogens is 162 g/mol. The van der Waals surface area contributed by atoms with Crippen molar-refractivity contribution in [3.63, 3.8) is 0 Å². The van der Waals surface area contributed by atoms with E-state index in [1.165, 1.54) is 0 Å². The molecule has 1 aliphatic heterocycles. The SMILES string of the molecule is CCCCN1CC(=O)SC1=O. The number of hydrogen-bond acceptors (Lipinski definition) is 3. The molecule has 0 aromatic rings. The Labute approximate surface area is 70.1 Å². The number of unbranched alkanes of at least 4 members (excludes halogenated alkanes) is 1. The average molecular weight is 173 g/mol. The van der Waals surface area contributed by atoms with Crippen molar-refractivity contribution in [1.29, 1.82) is 0 Å². The summed E-state index contributed by atoms with van der Waals surface area (Å²) in [6.07, 6.45) is 2.04. The summed E-state index contributed by atoms with van der Waals surface area (Å²) in [6.45, 7) is 3.10. The zero-order valence-corrected chi connectivity index (χ0v) is 7.32. The van der Waals surface area contributed by atoms with Crippen LogP contribution in [0.1, 0.15) is 19.8 Å². The lowest BCUT2D eigenvalue weighted by molar-refractivity contribution is -0.110. The molecule has 0 aromatic heterocycles. The van der Waals surface area contributed by atoms with Crippen LogP contribution in [0.25, 0.3) is 0 Å². The highest BCUT2D eigenvalue weighted by Gasteiger charge is 2.27. The zero-order chi connectivity index (χ0) is 8.27. The van der Waals surface area contributed by atoms with Gasteiger partial charge in [-0.25, -0.2) is 0 Å². The Bertz CT molecular complexity index is 181. The summed E-state index contributed by atoms with van der Waals surface area (Å²) in [5, 5.41) is -0.102. The normalized spacial score (nSPS) is 18.1. The number of rotatable bonds is 3. The Morgan fingerprint density at radius 1 is 1.55 bits per heavy atom. The van der Waals surface area contributed by atoms with E-state index in [4.69, 9.17) is 0 Å². The summed E-state index contributed by atoms with van der Waals surface area (Å²) in [5.74, 6) is 0. The first-order valence-corrected chi connectivity index (χ1v) is 4.55. The molecule has 1 heterocycles. The fourth-order valence-electron chi connectivity index (χ4n) is 0.934. The summed E-state index contributed by atoms with van der Waals surface area (Å²) in [4.78, 5) is 23.3. The van der Waals surface area contributed by atoms with Gasteiger partial charge in [0.25, 0.3) is 5.24 Å². The standard InChI is InChI=1S/C7H11NO2S/c1-2-3-4-8-5-6(9)11-7(8)10/h2-5H2,1H3. The molecule has 1 saturated heterocycles. The minimum Gasteiger partial charge on any atom is -0.325 e. The maximum atomic E-state index is 11.0. The summed E-state index contributed by atoms with van der Waals surface area (Å²) < 4.78 is 0. The zero-order valence-electron chi connectivity index (χ0n) is 6.50. The third kappa shape index (κ3) is 2.22. The van der Waals surface area contributed by atoms with Crippen LogP contribution in [-0.4, -0.2) is 28.3 Å². The highest BCUT2D eigenvalue weighted by Crippen LogP contribution is 2.19.